The van der Waals surface area contributed by atoms with Crippen LogP contribution in [0.4, 0.5) is 5.69 Å². The van der Waals surface area contributed by atoms with Crippen molar-refractivity contribution in [3.63, 3.8) is 0 Å². The van der Waals surface area contributed by atoms with Gasteiger partial charge in [-0.05, 0) is 20.3 Å². The van der Waals surface area contributed by atoms with Gasteiger partial charge in [0.2, 0.25) is 5.88 Å². The van der Waals surface area contributed by atoms with E-state index in [2.05, 4.69) is 16.0 Å². The van der Waals surface area contributed by atoms with Crippen molar-refractivity contribution in [3.8, 4) is 18.0 Å². The van der Waals surface area contributed by atoms with E-state index in [1.807, 2.05) is 13.8 Å². The van der Waals surface area contributed by atoms with Crippen LogP contribution in [-0.4, -0.2) is 42.7 Å². The molecule has 2 heterocycles. The average molecular weight is 308 g/mol. The first kappa shape index (κ1) is 16.3. The fourth-order valence-electron chi connectivity index (χ4n) is 2.33. The van der Waals surface area contributed by atoms with E-state index >= 15 is 0 Å². The molecule has 2 unspecified atom stereocenters. The van der Waals surface area contributed by atoms with Crippen LogP contribution in [0.1, 0.15) is 31.9 Å². The fourth-order valence-corrected chi connectivity index (χ4v) is 2.33. The van der Waals surface area contributed by atoms with Crippen LogP contribution >= 0.6 is 0 Å². The van der Waals surface area contributed by atoms with Crippen LogP contribution in [0.5, 0.6) is 11.9 Å². The van der Waals surface area contributed by atoms with E-state index in [0.717, 1.165) is 0 Å². The summed E-state index contributed by atoms with van der Waals surface area (Å²) in [7, 11) is 2.88. The molecule has 2 atom stereocenters. The predicted octanol–water partition coefficient (Wildman–Crippen LogP) is 1.22. The van der Waals surface area contributed by atoms with Crippen LogP contribution < -0.4 is 15.2 Å². The SMILES string of the molecule is COc1nc(OC)c(N)c(C(C#N)CC2COC(C)(C)O2)n1. The number of hydrogen-bond donors (Lipinski definition) is 1. The highest BCUT2D eigenvalue weighted by Crippen LogP contribution is 2.34. The van der Waals surface area contributed by atoms with E-state index in [9.17, 15) is 5.26 Å². The highest BCUT2D eigenvalue weighted by molar-refractivity contribution is 5.55. The Kier molecular flexibility index (Phi) is 4.68. The highest BCUT2D eigenvalue weighted by atomic mass is 16.7. The molecule has 0 amide bonds. The summed E-state index contributed by atoms with van der Waals surface area (Å²) in [5.41, 5.74) is 6.60. The lowest BCUT2D eigenvalue weighted by atomic mass is 9.98. The van der Waals surface area contributed by atoms with Crippen molar-refractivity contribution in [2.45, 2.75) is 38.1 Å². The molecule has 1 saturated heterocycles. The lowest BCUT2D eigenvalue weighted by Crippen LogP contribution is -2.22. The zero-order chi connectivity index (χ0) is 16.3. The number of ether oxygens (including phenoxy) is 4. The predicted molar refractivity (Wildman–Crippen MR) is 77.4 cm³/mol. The van der Waals surface area contributed by atoms with Gasteiger partial charge in [0.1, 0.15) is 5.69 Å². The summed E-state index contributed by atoms with van der Waals surface area (Å²) in [4.78, 5) is 8.19. The van der Waals surface area contributed by atoms with Crippen LogP contribution in [0.2, 0.25) is 0 Å². The summed E-state index contributed by atoms with van der Waals surface area (Å²) in [5, 5.41) is 9.48. The molecule has 0 radical (unpaired) electrons. The van der Waals surface area contributed by atoms with Crippen molar-refractivity contribution >= 4 is 5.69 Å². The van der Waals surface area contributed by atoms with Gasteiger partial charge >= 0.3 is 6.01 Å². The van der Waals surface area contributed by atoms with Crippen molar-refractivity contribution in [1.82, 2.24) is 9.97 Å². The average Bonchev–Trinajstić information content (AvgIpc) is 2.84. The molecule has 22 heavy (non-hydrogen) atoms. The smallest absolute Gasteiger partial charge is 0.319 e. The molecule has 0 bridgehead atoms. The second kappa shape index (κ2) is 6.34. The molecule has 2 rings (SSSR count). The first-order valence-electron chi connectivity index (χ1n) is 6.87. The Morgan fingerprint density at radius 1 is 1.41 bits per heavy atom. The van der Waals surface area contributed by atoms with E-state index in [0.29, 0.717) is 18.7 Å². The molecule has 120 valence electrons. The topological polar surface area (TPSA) is 113 Å². The van der Waals surface area contributed by atoms with Gasteiger partial charge in [-0.15, -0.1) is 0 Å². The molecule has 1 aromatic rings. The van der Waals surface area contributed by atoms with Crippen LogP contribution in [0.3, 0.4) is 0 Å². The van der Waals surface area contributed by atoms with Crippen molar-refractivity contribution < 1.29 is 18.9 Å². The van der Waals surface area contributed by atoms with Crippen LogP contribution in [0, 0.1) is 11.3 Å². The van der Waals surface area contributed by atoms with Gasteiger partial charge in [0.15, 0.2) is 5.79 Å². The van der Waals surface area contributed by atoms with Gasteiger partial charge in [-0.25, -0.2) is 0 Å². The number of nitrogens with two attached hydrogens (primary N) is 1. The molecular formula is C14H20N4O4. The maximum Gasteiger partial charge on any atom is 0.319 e. The second-order valence-corrected chi connectivity index (χ2v) is 5.39. The summed E-state index contributed by atoms with van der Waals surface area (Å²) in [5.74, 6) is -1.03. The number of aromatic nitrogens is 2. The Balaban J connectivity index is 2.26. The van der Waals surface area contributed by atoms with E-state index in [4.69, 9.17) is 24.7 Å². The third kappa shape index (κ3) is 3.37. The molecule has 0 aromatic carbocycles. The van der Waals surface area contributed by atoms with Gasteiger partial charge in [0.25, 0.3) is 0 Å². The molecule has 0 saturated carbocycles. The molecule has 1 aliphatic rings. The highest BCUT2D eigenvalue weighted by Gasteiger charge is 2.35. The number of methoxy groups -OCH3 is 2. The quantitative estimate of drug-likeness (QED) is 0.864. The molecule has 0 spiro atoms. The lowest BCUT2D eigenvalue weighted by Gasteiger charge is -2.19. The zero-order valence-corrected chi connectivity index (χ0v) is 13.1. The molecule has 1 aromatic heterocycles. The molecule has 8 heteroatoms. The van der Waals surface area contributed by atoms with E-state index in [1.165, 1.54) is 14.2 Å². The number of hydrogen-bond acceptors (Lipinski definition) is 8. The number of rotatable bonds is 5. The molecule has 8 nitrogen and oxygen atoms in total. The first-order valence-corrected chi connectivity index (χ1v) is 6.87. The summed E-state index contributed by atoms with van der Waals surface area (Å²) >= 11 is 0. The Labute approximate surface area is 129 Å². The Morgan fingerprint density at radius 2 is 2.14 bits per heavy atom. The summed E-state index contributed by atoms with van der Waals surface area (Å²) < 4.78 is 21.4. The first-order chi connectivity index (χ1) is 10.4. The maximum absolute atomic E-state index is 9.48. The standard InChI is InChI=1S/C14H20N4O4/c1-14(2)21-7-9(22-14)5-8(6-15)11-10(16)12(19-3)18-13(17-11)20-4/h8-9H,5,7,16H2,1-4H3. The van der Waals surface area contributed by atoms with Gasteiger partial charge in [-0.2, -0.15) is 15.2 Å². The van der Waals surface area contributed by atoms with Crippen LogP contribution in [0.25, 0.3) is 0 Å². The van der Waals surface area contributed by atoms with Crippen molar-refractivity contribution in [2.24, 2.45) is 0 Å². The van der Waals surface area contributed by atoms with Gasteiger partial charge < -0.3 is 24.7 Å². The Morgan fingerprint density at radius 3 is 2.64 bits per heavy atom. The van der Waals surface area contributed by atoms with Crippen LogP contribution in [-0.2, 0) is 9.47 Å². The summed E-state index contributed by atoms with van der Waals surface area (Å²) in [6.07, 6.45) is 0.207. The lowest BCUT2D eigenvalue weighted by molar-refractivity contribution is -0.139. The zero-order valence-electron chi connectivity index (χ0n) is 13.1. The Bertz CT molecular complexity index is 585. The van der Waals surface area contributed by atoms with Crippen molar-refractivity contribution in [1.29, 1.82) is 5.26 Å². The van der Waals surface area contributed by atoms with Gasteiger partial charge in [0.05, 0.1) is 44.6 Å². The molecule has 0 aliphatic carbocycles. The van der Waals surface area contributed by atoms with E-state index in [1.54, 1.807) is 0 Å². The third-order valence-electron chi connectivity index (χ3n) is 3.35. The molecule has 1 fully saturated rings. The van der Waals surface area contributed by atoms with Crippen molar-refractivity contribution in [3.05, 3.63) is 5.69 Å². The van der Waals surface area contributed by atoms with Crippen molar-refractivity contribution in [2.75, 3.05) is 26.6 Å². The molecular weight excluding hydrogens is 288 g/mol. The number of nitrogens with zero attached hydrogens (tertiary/aromatic N) is 3. The largest absolute Gasteiger partial charge is 0.479 e. The second-order valence-electron chi connectivity index (χ2n) is 5.39. The maximum atomic E-state index is 9.48. The van der Waals surface area contributed by atoms with E-state index < -0.39 is 11.7 Å². The minimum absolute atomic E-state index is 0.102. The number of nitriles is 1. The summed E-state index contributed by atoms with van der Waals surface area (Å²) in [6, 6.07) is 2.30. The normalized spacial score (nSPS) is 21.1. The fraction of sp³-hybridized carbons (Fsp3) is 0.643. The van der Waals surface area contributed by atoms with Gasteiger partial charge in [-0.1, -0.05) is 0 Å². The Hall–Kier alpha value is -2.11. The van der Waals surface area contributed by atoms with Gasteiger partial charge in [-0.3, -0.25) is 0 Å². The van der Waals surface area contributed by atoms with E-state index in [-0.39, 0.29) is 23.7 Å². The molecule has 2 N–H and O–H groups in total. The minimum Gasteiger partial charge on any atom is -0.479 e. The van der Waals surface area contributed by atoms with Crippen LogP contribution in [0.15, 0.2) is 0 Å². The third-order valence-corrected chi connectivity index (χ3v) is 3.35. The minimum atomic E-state index is -0.642. The monoisotopic (exact) mass is 308 g/mol. The summed E-state index contributed by atoms with van der Waals surface area (Å²) in [6.45, 7) is 4.09. The van der Waals surface area contributed by atoms with Gasteiger partial charge in [0, 0.05) is 0 Å². The molecule has 1 aliphatic heterocycles. The number of anilines is 1. The number of nitrogen functional groups attached to an aromatic ring is 1.